The van der Waals surface area contributed by atoms with Crippen LogP contribution in [0.15, 0.2) is 61.2 Å². The third-order valence-electron chi connectivity index (χ3n) is 3.46. The molecule has 1 aromatic heterocycles. The van der Waals surface area contributed by atoms with Crippen LogP contribution in [0.3, 0.4) is 0 Å². The number of hydrogen-bond donors (Lipinski definition) is 2. The molecule has 0 unspecified atom stereocenters. The van der Waals surface area contributed by atoms with Gasteiger partial charge < -0.3 is 10.1 Å². The van der Waals surface area contributed by atoms with Crippen LogP contribution >= 0.6 is 35.2 Å². The minimum atomic E-state index is -0.349. The summed E-state index contributed by atoms with van der Waals surface area (Å²) in [7, 11) is 0. The number of para-hydroxylation sites is 2. The van der Waals surface area contributed by atoms with Gasteiger partial charge in [0.15, 0.2) is 5.11 Å². The second kappa shape index (κ2) is 8.31. The van der Waals surface area contributed by atoms with Gasteiger partial charge in [-0.05, 0) is 30.4 Å². The van der Waals surface area contributed by atoms with Gasteiger partial charge in [0.05, 0.1) is 10.7 Å². The van der Waals surface area contributed by atoms with Crippen LogP contribution in [-0.4, -0.2) is 17.6 Å². The van der Waals surface area contributed by atoms with Crippen LogP contribution in [0.4, 0.5) is 5.69 Å². The molecule has 0 fully saturated rings. The first kappa shape index (κ1) is 18.4. The number of nitrogens with one attached hydrogen (secondary N) is 2. The van der Waals surface area contributed by atoms with E-state index < -0.39 is 0 Å². The molecule has 7 heteroatoms. The quantitative estimate of drug-likeness (QED) is 0.452. The van der Waals surface area contributed by atoms with Gasteiger partial charge in [0.2, 0.25) is 0 Å². The number of fused-ring (bicyclic) bond motifs is 1. The Morgan fingerprint density at radius 1 is 1.23 bits per heavy atom. The lowest BCUT2D eigenvalue weighted by Gasteiger charge is -2.13. The summed E-state index contributed by atoms with van der Waals surface area (Å²) in [5.74, 6) is 0.266. The maximum Gasteiger partial charge on any atom is 0.269 e. The summed E-state index contributed by atoms with van der Waals surface area (Å²) in [6.07, 6.45) is 1.65. The van der Waals surface area contributed by atoms with Gasteiger partial charge in [-0.3, -0.25) is 10.1 Å². The molecule has 3 aromatic rings. The average Bonchev–Trinajstić information content (AvgIpc) is 2.98. The molecule has 0 aliphatic rings. The Labute approximate surface area is 165 Å². The van der Waals surface area contributed by atoms with E-state index in [0.29, 0.717) is 27.9 Å². The molecule has 2 N–H and O–H groups in total. The largest absolute Gasteiger partial charge is 0.487 e. The molecule has 3 rings (SSSR count). The first-order chi connectivity index (χ1) is 12.6. The normalized spacial score (nSPS) is 10.3. The summed E-state index contributed by atoms with van der Waals surface area (Å²) in [4.78, 5) is 13.0. The summed E-state index contributed by atoms with van der Waals surface area (Å²) in [5.41, 5.74) is 0.655. The fourth-order valence-electron chi connectivity index (χ4n) is 2.32. The molecular weight excluding hydrogens is 388 g/mol. The van der Waals surface area contributed by atoms with Crippen LogP contribution in [0.2, 0.25) is 5.02 Å². The van der Waals surface area contributed by atoms with E-state index in [4.69, 9.17) is 28.6 Å². The van der Waals surface area contributed by atoms with Gasteiger partial charge in [-0.2, -0.15) is 0 Å². The second-order valence-electron chi connectivity index (χ2n) is 5.25. The van der Waals surface area contributed by atoms with E-state index in [-0.39, 0.29) is 11.0 Å². The summed E-state index contributed by atoms with van der Waals surface area (Å²) in [6.45, 7) is 4.00. The Hall–Kier alpha value is -2.41. The predicted molar refractivity (Wildman–Crippen MR) is 113 cm³/mol. The Balaban J connectivity index is 1.73. The van der Waals surface area contributed by atoms with Crippen LogP contribution in [0, 0.1) is 0 Å². The van der Waals surface area contributed by atoms with Crippen LogP contribution in [0.25, 0.3) is 10.1 Å². The molecule has 1 amide bonds. The maximum atomic E-state index is 12.5. The molecule has 0 radical (unpaired) electrons. The predicted octanol–water partition coefficient (Wildman–Crippen LogP) is 5.25. The number of benzene rings is 2. The van der Waals surface area contributed by atoms with Crippen molar-refractivity contribution in [1.29, 1.82) is 0 Å². The van der Waals surface area contributed by atoms with Crippen LogP contribution in [-0.2, 0) is 0 Å². The van der Waals surface area contributed by atoms with E-state index in [2.05, 4.69) is 17.2 Å². The highest BCUT2D eigenvalue weighted by atomic mass is 35.5. The minimum absolute atomic E-state index is 0.165. The molecule has 0 saturated carbocycles. The topological polar surface area (TPSA) is 50.4 Å². The van der Waals surface area contributed by atoms with Crippen LogP contribution in [0.5, 0.6) is 5.75 Å². The lowest BCUT2D eigenvalue weighted by atomic mass is 10.2. The highest BCUT2D eigenvalue weighted by molar-refractivity contribution is 7.80. The SMILES string of the molecule is C=CCOc1ccccc1NC(=S)NC(=O)c1sc2ccccc2c1Cl. The van der Waals surface area contributed by atoms with E-state index in [9.17, 15) is 4.79 Å². The van der Waals surface area contributed by atoms with Crippen molar-refractivity contribution < 1.29 is 9.53 Å². The molecule has 0 bridgehead atoms. The third-order valence-corrected chi connectivity index (χ3v) is 5.34. The van der Waals surface area contributed by atoms with Gasteiger partial charge in [-0.15, -0.1) is 11.3 Å². The van der Waals surface area contributed by atoms with Gasteiger partial charge in [0.1, 0.15) is 17.2 Å². The van der Waals surface area contributed by atoms with E-state index in [1.807, 2.05) is 42.5 Å². The summed E-state index contributed by atoms with van der Waals surface area (Å²) < 4.78 is 6.51. The Kier molecular flexibility index (Phi) is 5.88. The first-order valence-corrected chi connectivity index (χ1v) is 9.32. The van der Waals surface area contributed by atoms with Crippen molar-refractivity contribution in [1.82, 2.24) is 5.32 Å². The van der Waals surface area contributed by atoms with Crippen molar-refractivity contribution >= 4 is 61.9 Å². The molecule has 0 aliphatic carbocycles. The Bertz CT molecular complexity index is 985. The summed E-state index contributed by atoms with van der Waals surface area (Å²) >= 11 is 12.9. The van der Waals surface area contributed by atoms with Gasteiger partial charge in [0.25, 0.3) is 5.91 Å². The van der Waals surface area contributed by atoms with Gasteiger partial charge in [0, 0.05) is 10.1 Å². The van der Waals surface area contributed by atoms with Gasteiger partial charge in [-0.25, -0.2) is 0 Å². The molecule has 0 atom stereocenters. The van der Waals surface area contributed by atoms with E-state index in [0.717, 1.165) is 10.1 Å². The smallest absolute Gasteiger partial charge is 0.269 e. The second-order valence-corrected chi connectivity index (χ2v) is 7.08. The fourth-order valence-corrected chi connectivity index (χ4v) is 3.93. The number of carbonyl (C=O) groups excluding carboxylic acids is 1. The van der Waals surface area contributed by atoms with E-state index >= 15 is 0 Å². The lowest BCUT2D eigenvalue weighted by molar-refractivity contribution is 0.0982. The zero-order chi connectivity index (χ0) is 18.5. The highest BCUT2D eigenvalue weighted by Gasteiger charge is 2.18. The van der Waals surface area contributed by atoms with Crippen molar-refractivity contribution in [3.05, 3.63) is 71.1 Å². The van der Waals surface area contributed by atoms with Gasteiger partial charge in [-0.1, -0.05) is 54.6 Å². The molecule has 132 valence electrons. The number of thiocarbonyl (C=S) groups is 1. The molecule has 2 aromatic carbocycles. The van der Waals surface area contributed by atoms with Crippen LogP contribution in [0.1, 0.15) is 9.67 Å². The zero-order valence-corrected chi connectivity index (χ0v) is 16.0. The van der Waals surface area contributed by atoms with Crippen molar-refractivity contribution in [2.24, 2.45) is 0 Å². The average molecular weight is 403 g/mol. The summed E-state index contributed by atoms with van der Waals surface area (Å²) in [6, 6.07) is 14.9. The number of carbonyl (C=O) groups is 1. The molecule has 0 aliphatic heterocycles. The number of ether oxygens (including phenoxy) is 1. The molecule has 4 nitrogen and oxygen atoms in total. The first-order valence-electron chi connectivity index (χ1n) is 7.72. The number of amides is 1. The molecule has 26 heavy (non-hydrogen) atoms. The molecule has 0 spiro atoms. The van der Waals surface area contributed by atoms with Crippen molar-refractivity contribution in [2.45, 2.75) is 0 Å². The lowest BCUT2D eigenvalue weighted by Crippen LogP contribution is -2.33. The Morgan fingerprint density at radius 2 is 1.96 bits per heavy atom. The minimum Gasteiger partial charge on any atom is -0.487 e. The monoisotopic (exact) mass is 402 g/mol. The van der Waals surface area contributed by atoms with Crippen molar-refractivity contribution in [2.75, 3.05) is 11.9 Å². The van der Waals surface area contributed by atoms with Crippen molar-refractivity contribution in [3.63, 3.8) is 0 Å². The summed E-state index contributed by atoms with van der Waals surface area (Å²) in [5, 5.41) is 7.09. The van der Waals surface area contributed by atoms with Gasteiger partial charge >= 0.3 is 0 Å². The van der Waals surface area contributed by atoms with Crippen molar-refractivity contribution in [3.8, 4) is 5.75 Å². The van der Waals surface area contributed by atoms with E-state index in [1.165, 1.54) is 11.3 Å². The number of anilines is 1. The number of thiophene rings is 1. The van der Waals surface area contributed by atoms with E-state index in [1.54, 1.807) is 12.1 Å². The number of halogens is 1. The van der Waals surface area contributed by atoms with Crippen LogP contribution < -0.4 is 15.4 Å². The molecular formula is C19H15ClN2O2S2. The molecule has 0 saturated heterocycles. The maximum absolute atomic E-state index is 12.5. The number of hydrogen-bond acceptors (Lipinski definition) is 4. The Morgan fingerprint density at radius 3 is 2.73 bits per heavy atom. The fraction of sp³-hybridized carbons (Fsp3) is 0.0526. The number of rotatable bonds is 5. The standard InChI is InChI=1S/C19H15ClN2O2S2/c1-2-11-24-14-9-5-4-8-13(14)21-19(25)22-18(23)17-16(20)12-7-3-6-10-15(12)26-17/h2-10H,1,11H2,(H2,21,22,23,25). The highest BCUT2D eigenvalue weighted by Crippen LogP contribution is 2.35. The molecule has 1 heterocycles. The zero-order valence-electron chi connectivity index (χ0n) is 13.6. The third kappa shape index (κ3) is 4.04.